The fraction of sp³-hybridized carbons (Fsp3) is 0.688. The van der Waals surface area contributed by atoms with Crippen molar-refractivity contribution in [1.82, 2.24) is 10.2 Å². The van der Waals surface area contributed by atoms with E-state index >= 15 is 0 Å². The molecule has 1 N–H and O–H groups in total. The topological polar surface area (TPSA) is 36.9 Å². The molecule has 0 saturated carbocycles. The third-order valence-electron chi connectivity index (χ3n) is 4.51. The van der Waals surface area contributed by atoms with Crippen LogP contribution >= 0.6 is 22.9 Å². The van der Waals surface area contributed by atoms with Crippen molar-refractivity contribution in [2.24, 2.45) is 10.4 Å². The maximum absolute atomic E-state index is 5.97. The number of guanidine groups is 1. The Morgan fingerprint density at radius 2 is 2.41 bits per heavy atom. The molecule has 0 aromatic carbocycles. The summed E-state index contributed by atoms with van der Waals surface area (Å²) in [6.45, 7) is 7.82. The molecule has 122 valence electrons. The lowest BCUT2D eigenvalue weighted by Gasteiger charge is -2.24. The van der Waals surface area contributed by atoms with E-state index in [0.717, 1.165) is 56.1 Å². The van der Waals surface area contributed by atoms with E-state index < -0.39 is 0 Å². The van der Waals surface area contributed by atoms with E-state index in [1.807, 2.05) is 6.07 Å². The van der Waals surface area contributed by atoms with Gasteiger partial charge in [-0.15, -0.1) is 11.3 Å². The van der Waals surface area contributed by atoms with Crippen molar-refractivity contribution in [3.8, 4) is 0 Å². The first-order chi connectivity index (χ1) is 10.7. The standard InChI is InChI=1S/C16H24ClN3OS/c1-2-18-15(19-8-5-13-3-4-14(17)22-13)20-9-6-16(11-20)7-10-21-12-16/h3-4H,2,5-12H2,1H3,(H,18,19). The number of halogens is 1. The highest BCUT2D eigenvalue weighted by atomic mass is 35.5. The monoisotopic (exact) mass is 341 g/mol. The second-order valence-corrected chi connectivity index (χ2v) is 7.97. The molecule has 2 saturated heterocycles. The molecule has 0 aliphatic carbocycles. The number of hydrogen-bond donors (Lipinski definition) is 1. The van der Waals surface area contributed by atoms with Gasteiger partial charge >= 0.3 is 0 Å². The van der Waals surface area contributed by atoms with Crippen LogP contribution in [0.4, 0.5) is 0 Å². The van der Waals surface area contributed by atoms with Gasteiger partial charge < -0.3 is 15.0 Å². The lowest BCUT2D eigenvalue weighted by atomic mass is 9.87. The molecule has 1 aromatic rings. The van der Waals surface area contributed by atoms with Crippen molar-refractivity contribution < 1.29 is 4.74 Å². The summed E-state index contributed by atoms with van der Waals surface area (Å²) in [6, 6.07) is 4.05. The Hall–Kier alpha value is -0.780. The highest BCUT2D eigenvalue weighted by molar-refractivity contribution is 7.16. The summed E-state index contributed by atoms with van der Waals surface area (Å²) in [4.78, 5) is 8.51. The zero-order chi connectivity index (χ0) is 15.4. The lowest BCUT2D eigenvalue weighted by Crippen LogP contribution is -2.41. The number of thiophene rings is 1. The number of hydrogen-bond acceptors (Lipinski definition) is 3. The van der Waals surface area contributed by atoms with Crippen LogP contribution in [0.5, 0.6) is 0 Å². The molecule has 6 heteroatoms. The van der Waals surface area contributed by atoms with E-state index in [1.165, 1.54) is 17.7 Å². The molecule has 2 fully saturated rings. The third-order valence-corrected chi connectivity index (χ3v) is 5.80. The molecule has 1 atom stereocenters. The Morgan fingerprint density at radius 3 is 3.09 bits per heavy atom. The number of nitrogens with one attached hydrogen (secondary N) is 1. The zero-order valence-corrected chi connectivity index (χ0v) is 14.7. The fourth-order valence-electron chi connectivity index (χ4n) is 3.27. The zero-order valence-electron chi connectivity index (χ0n) is 13.1. The number of likely N-dealkylation sites (tertiary alicyclic amines) is 1. The third kappa shape index (κ3) is 3.76. The van der Waals surface area contributed by atoms with E-state index in [2.05, 4.69) is 23.2 Å². The maximum atomic E-state index is 5.97. The van der Waals surface area contributed by atoms with Gasteiger partial charge in [0, 0.05) is 49.5 Å². The Bertz CT molecular complexity index is 525. The van der Waals surface area contributed by atoms with Gasteiger partial charge in [0.15, 0.2) is 5.96 Å². The van der Waals surface area contributed by atoms with Crippen molar-refractivity contribution in [3.63, 3.8) is 0 Å². The van der Waals surface area contributed by atoms with Crippen LogP contribution in [0.2, 0.25) is 4.34 Å². The summed E-state index contributed by atoms with van der Waals surface area (Å²) in [5.74, 6) is 1.05. The minimum Gasteiger partial charge on any atom is -0.381 e. The van der Waals surface area contributed by atoms with Gasteiger partial charge in [0.05, 0.1) is 10.9 Å². The van der Waals surface area contributed by atoms with Crippen LogP contribution in [0.25, 0.3) is 0 Å². The van der Waals surface area contributed by atoms with E-state index in [0.29, 0.717) is 5.41 Å². The number of rotatable bonds is 4. The number of ether oxygens (including phenoxy) is 1. The second-order valence-electron chi connectivity index (χ2n) is 6.17. The molecular weight excluding hydrogens is 318 g/mol. The van der Waals surface area contributed by atoms with Crippen LogP contribution in [0.3, 0.4) is 0 Å². The van der Waals surface area contributed by atoms with Crippen LogP contribution in [0, 0.1) is 5.41 Å². The smallest absolute Gasteiger partial charge is 0.193 e. The number of aliphatic imine (C=N–C) groups is 1. The van der Waals surface area contributed by atoms with Crippen molar-refractivity contribution in [2.75, 3.05) is 39.4 Å². The average Bonchev–Trinajstić information content (AvgIpc) is 3.22. The average molecular weight is 342 g/mol. The molecule has 3 heterocycles. The minimum atomic E-state index is 0.372. The first-order valence-electron chi connectivity index (χ1n) is 8.06. The van der Waals surface area contributed by atoms with Gasteiger partial charge in [-0.05, 0) is 31.9 Å². The molecule has 1 spiro atoms. The highest BCUT2D eigenvalue weighted by Crippen LogP contribution is 2.38. The first kappa shape index (κ1) is 16.1. The van der Waals surface area contributed by atoms with Gasteiger partial charge in [-0.2, -0.15) is 0 Å². The number of nitrogens with zero attached hydrogens (tertiary/aromatic N) is 2. The molecule has 0 radical (unpaired) electrons. The normalized spacial score (nSPS) is 25.4. The second kappa shape index (κ2) is 7.20. The summed E-state index contributed by atoms with van der Waals surface area (Å²) >= 11 is 7.62. The summed E-state index contributed by atoms with van der Waals surface area (Å²) in [5.41, 5.74) is 0.372. The van der Waals surface area contributed by atoms with E-state index in [-0.39, 0.29) is 0 Å². The molecule has 0 bridgehead atoms. The molecule has 1 unspecified atom stereocenters. The van der Waals surface area contributed by atoms with Crippen molar-refractivity contribution in [2.45, 2.75) is 26.2 Å². The van der Waals surface area contributed by atoms with Gasteiger partial charge in [-0.25, -0.2) is 0 Å². The molecule has 2 aliphatic rings. The quantitative estimate of drug-likeness (QED) is 0.675. The van der Waals surface area contributed by atoms with Gasteiger partial charge in [0.1, 0.15) is 0 Å². The molecule has 1 aromatic heterocycles. The predicted molar refractivity (Wildman–Crippen MR) is 93.1 cm³/mol. The van der Waals surface area contributed by atoms with E-state index in [4.69, 9.17) is 21.3 Å². The molecule has 3 rings (SSSR count). The maximum Gasteiger partial charge on any atom is 0.193 e. The Kier molecular flexibility index (Phi) is 5.26. The van der Waals surface area contributed by atoms with Crippen LogP contribution < -0.4 is 5.32 Å². The minimum absolute atomic E-state index is 0.372. The van der Waals surface area contributed by atoms with E-state index in [1.54, 1.807) is 11.3 Å². The van der Waals surface area contributed by atoms with Gasteiger partial charge in [-0.3, -0.25) is 4.99 Å². The largest absolute Gasteiger partial charge is 0.381 e. The molecule has 0 amide bonds. The van der Waals surface area contributed by atoms with E-state index in [9.17, 15) is 0 Å². The van der Waals surface area contributed by atoms with Gasteiger partial charge in [0.2, 0.25) is 0 Å². The molecular formula is C16H24ClN3OS. The Balaban J connectivity index is 1.58. The summed E-state index contributed by atoms with van der Waals surface area (Å²) in [5, 5.41) is 3.43. The molecule has 2 aliphatic heterocycles. The van der Waals surface area contributed by atoms with Crippen molar-refractivity contribution in [1.29, 1.82) is 0 Å². The van der Waals surface area contributed by atoms with Crippen molar-refractivity contribution >= 4 is 28.9 Å². The van der Waals surface area contributed by atoms with Gasteiger partial charge in [0.25, 0.3) is 0 Å². The Labute approximate surface area is 141 Å². The van der Waals surface area contributed by atoms with Crippen LogP contribution in [-0.2, 0) is 11.2 Å². The summed E-state index contributed by atoms with van der Waals surface area (Å²) < 4.78 is 6.47. The SMILES string of the molecule is CCNC(=NCCc1ccc(Cl)s1)N1CCC2(CCOC2)C1. The van der Waals surface area contributed by atoms with Crippen LogP contribution in [0.1, 0.15) is 24.6 Å². The van der Waals surface area contributed by atoms with Crippen LogP contribution in [0.15, 0.2) is 17.1 Å². The fourth-order valence-corrected chi connectivity index (χ4v) is 4.35. The summed E-state index contributed by atoms with van der Waals surface area (Å²) in [6.07, 6.45) is 3.36. The predicted octanol–water partition coefficient (Wildman–Crippen LogP) is 3.02. The lowest BCUT2D eigenvalue weighted by molar-refractivity contribution is 0.156. The first-order valence-corrected chi connectivity index (χ1v) is 9.25. The molecule has 22 heavy (non-hydrogen) atoms. The van der Waals surface area contributed by atoms with Crippen LogP contribution in [-0.4, -0.2) is 50.3 Å². The highest BCUT2D eigenvalue weighted by Gasteiger charge is 2.42. The Morgan fingerprint density at radius 1 is 1.50 bits per heavy atom. The summed E-state index contributed by atoms with van der Waals surface area (Å²) in [7, 11) is 0. The van der Waals surface area contributed by atoms with Crippen molar-refractivity contribution in [3.05, 3.63) is 21.3 Å². The molecule has 4 nitrogen and oxygen atoms in total. The van der Waals surface area contributed by atoms with Gasteiger partial charge in [-0.1, -0.05) is 11.6 Å².